The third kappa shape index (κ3) is 4.45. The van der Waals surface area contributed by atoms with Gasteiger partial charge in [0.25, 0.3) is 5.56 Å². The van der Waals surface area contributed by atoms with Crippen LogP contribution in [0.4, 0.5) is 0 Å². The summed E-state index contributed by atoms with van der Waals surface area (Å²) in [5, 5.41) is 5.68. The van der Waals surface area contributed by atoms with Gasteiger partial charge in [0.15, 0.2) is 0 Å². The summed E-state index contributed by atoms with van der Waals surface area (Å²) in [4.78, 5) is 24.8. The summed E-state index contributed by atoms with van der Waals surface area (Å²) in [5.74, 6) is 1.26. The highest BCUT2D eigenvalue weighted by Crippen LogP contribution is 2.35. The minimum absolute atomic E-state index is 0.0184. The van der Waals surface area contributed by atoms with Crippen molar-refractivity contribution >= 4 is 5.97 Å². The normalized spacial score (nSPS) is 15.7. The van der Waals surface area contributed by atoms with Crippen molar-refractivity contribution in [1.82, 2.24) is 10.2 Å². The van der Waals surface area contributed by atoms with Gasteiger partial charge in [-0.2, -0.15) is 0 Å². The van der Waals surface area contributed by atoms with E-state index in [2.05, 4.69) is 30.1 Å². The number of ether oxygens (including phenoxy) is 2. The lowest BCUT2D eigenvalue weighted by Crippen LogP contribution is -2.32. The third-order valence-corrected chi connectivity index (χ3v) is 5.84. The molecule has 7 nitrogen and oxygen atoms in total. The topological polar surface area (TPSA) is 97.3 Å². The van der Waals surface area contributed by atoms with Gasteiger partial charge in [0.2, 0.25) is 0 Å². The number of fused-ring (bicyclic) bond motifs is 1. The summed E-state index contributed by atoms with van der Waals surface area (Å²) >= 11 is 0. The zero-order valence-electron chi connectivity index (χ0n) is 18.3. The predicted molar refractivity (Wildman–Crippen MR) is 116 cm³/mol. The summed E-state index contributed by atoms with van der Waals surface area (Å²) < 4.78 is 16.7. The van der Waals surface area contributed by atoms with E-state index in [0.717, 1.165) is 35.6 Å². The summed E-state index contributed by atoms with van der Waals surface area (Å²) in [5.41, 5.74) is 3.03. The van der Waals surface area contributed by atoms with Gasteiger partial charge >= 0.3 is 5.97 Å². The quantitative estimate of drug-likeness (QED) is 0.583. The van der Waals surface area contributed by atoms with Gasteiger partial charge in [-0.15, -0.1) is 0 Å². The second-order valence-electron chi connectivity index (χ2n) is 8.73. The van der Waals surface area contributed by atoms with Crippen LogP contribution in [0.25, 0.3) is 0 Å². The number of aryl methyl sites for hydroxylation is 2. The molecule has 0 saturated heterocycles. The fourth-order valence-electron chi connectivity index (χ4n) is 4.17. The third-order valence-electron chi connectivity index (χ3n) is 5.84. The molecule has 0 fully saturated rings. The molecule has 0 unspecified atom stereocenters. The van der Waals surface area contributed by atoms with Crippen molar-refractivity contribution in [3.63, 3.8) is 0 Å². The highest BCUT2D eigenvalue weighted by Gasteiger charge is 2.29. The molecule has 1 aromatic carbocycles. The number of benzene rings is 1. The van der Waals surface area contributed by atoms with Crippen LogP contribution >= 0.6 is 0 Å². The number of aromatic amines is 2. The van der Waals surface area contributed by atoms with Gasteiger partial charge in [0.1, 0.15) is 22.9 Å². The molecule has 7 heteroatoms. The molecule has 1 aliphatic rings. The minimum Gasteiger partial charge on any atom is -0.488 e. The zero-order valence-corrected chi connectivity index (χ0v) is 18.3. The van der Waals surface area contributed by atoms with Crippen molar-refractivity contribution in [2.75, 3.05) is 7.11 Å². The molecule has 3 aromatic rings. The SMILES string of the molecule is COC(=O)C[C@H](c1ccc(C)o1)c1c(Cc2ccc3c(c2)CCC(C)(C)O3)[nH][nH]c1=O. The van der Waals surface area contributed by atoms with E-state index >= 15 is 0 Å². The maximum atomic E-state index is 12.7. The fourth-order valence-corrected chi connectivity index (χ4v) is 4.17. The van der Waals surface area contributed by atoms with Crippen LogP contribution in [-0.2, 0) is 22.4 Å². The Labute approximate surface area is 180 Å². The first kappa shape index (κ1) is 21.0. The fraction of sp³-hybridized carbons (Fsp3) is 0.417. The Hall–Kier alpha value is -3.22. The predicted octanol–water partition coefficient (Wildman–Crippen LogP) is 3.99. The number of aromatic nitrogens is 2. The first-order valence-corrected chi connectivity index (χ1v) is 10.5. The van der Waals surface area contributed by atoms with E-state index in [9.17, 15) is 9.59 Å². The molecular weight excluding hydrogens is 396 g/mol. The standard InChI is InChI=1S/C24H28N2O5/c1-14-5-7-20(30-14)17(13-21(27)29-4)22-18(25-26-23(22)28)12-15-6-8-19-16(11-15)9-10-24(2,3)31-19/h5-8,11,17H,9-10,12-13H2,1-4H3,(H2,25,26,28)/t17-/m1/s1. The van der Waals surface area contributed by atoms with Gasteiger partial charge in [-0.3, -0.25) is 14.7 Å². The van der Waals surface area contributed by atoms with E-state index in [-0.39, 0.29) is 17.6 Å². The number of carbonyl (C=O) groups excluding carboxylic acids is 1. The molecule has 2 N–H and O–H groups in total. The Kier molecular flexibility index (Phi) is 5.52. The first-order chi connectivity index (χ1) is 14.8. The number of methoxy groups -OCH3 is 1. The molecule has 1 atom stereocenters. The molecule has 0 bridgehead atoms. The van der Waals surface area contributed by atoms with E-state index in [1.165, 1.54) is 12.7 Å². The Morgan fingerprint density at radius 1 is 1.23 bits per heavy atom. The van der Waals surface area contributed by atoms with Gasteiger partial charge in [-0.25, -0.2) is 0 Å². The van der Waals surface area contributed by atoms with Gasteiger partial charge in [-0.1, -0.05) is 12.1 Å². The van der Waals surface area contributed by atoms with Gasteiger partial charge < -0.3 is 19.0 Å². The number of rotatable bonds is 6. The Morgan fingerprint density at radius 2 is 2.03 bits per heavy atom. The first-order valence-electron chi connectivity index (χ1n) is 10.5. The lowest BCUT2D eigenvalue weighted by Gasteiger charge is -2.32. The second kappa shape index (κ2) is 8.13. The highest BCUT2D eigenvalue weighted by atomic mass is 16.5. The van der Waals surface area contributed by atoms with Crippen LogP contribution in [0.3, 0.4) is 0 Å². The summed E-state index contributed by atoms with van der Waals surface area (Å²) in [7, 11) is 1.34. The Bertz CT molecular complexity index is 1150. The van der Waals surface area contributed by atoms with Crippen LogP contribution in [0.2, 0.25) is 0 Å². The summed E-state index contributed by atoms with van der Waals surface area (Å²) in [6.45, 7) is 6.02. The van der Waals surface area contributed by atoms with Crippen LogP contribution in [-0.4, -0.2) is 28.9 Å². The van der Waals surface area contributed by atoms with Crippen LogP contribution in [0.1, 0.15) is 66.5 Å². The number of nitrogens with one attached hydrogen (secondary N) is 2. The van der Waals surface area contributed by atoms with E-state index in [1.807, 2.05) is 25.1 Å². The van der Waals surface area contributed by atoms with Crippen molar-refractivity contribution in [1.29, 1.82) is 0 Å². The number of furan rings is 1. The lowest BCUT2D eigenvalue weighted by molar-refractivity contribution is -0.140. The van der Waals surface area contributed by atoms with Crippen LogP contribution < -0.4 is 10.3 Å². The number of hydrogen-bond donors (Lipinski definition) is 2. The van der Waals surface area contributed by atoms with E-state index in [0.29, 0.717) is 17.7 Å². The molecule has 0 saturated carbocycles. The van der Waals surface area contributed by atoms with Crippen molar-refractivity contribution < 1.29 is 18.7 Å². The zero-order chi connectivity index (χ0) is 22.2. The summed E-state index contributed by atoms with van der Waals surface area (Å²) in [6, 6.07) is 9.77. The molecule has 31 heavy (non-hydrogen) atoms. The molecule has 3 heterocycles. The molecule has 0 spiro atoms. The smallest absolute Gasteiger partial charge is 0.306 e. The molecule has 0 radical (unpaired) electrons. The van der Waals surface area contributed by atoms with Crippen LogP contribution in [0.15, 0.2) is 39.5 Å². The monoisotopic (exact) mass is 424 g/mol. The molecule has 2 aromatic heterocycles. The highest BCUT2D eigenvalue weighted by molar-refractivity contribution is 5.71. The molecular formula is C24H28N2O5. The number of H-pyrrole nitrogens is 2. The Morgan fingerprint density at radius 3 is 2.74 bits per heavy atom. The molecule has 4 rings (SSSR count). The lowest BCUT2D eigenvalue weighted by atomic mass is 9.90. The second-order valence-corrected chi connectivity index (χ2v) is 8.73. The molecule has 1 aliphatic heterocycles. The molecule has 164 valence electrons. The molecule has 0 aliphatic carbocycles. The van der Waals surface area contributed by atoms with Crippen molar-refractivity contribution in [3.05, 3.63) is 74.6 Å². The largest absolute Gasteiger partial charge is 0.488 e. The van der Waals surface area contributed by atoms with E-state index in [4.69, 9.17) is 13.9 Å². The maximum absolute atomic E-state index is 12.7. The van der Waals surface area contributed by atoms with Crippen molar-refractivity contribution in [3.8, 4) is 5.75 Å². The minimum atomic E-state index is -0.534. The van der Waals surface area contributed by atoms with Crippen molar-refractivity contribution in [2.24, 2.45) is 0 Å². The van der Waals surface area contributed by atoms with Gasteiger partial charge in [0, 0.05) is 12.1 Å². The van der Waals surface area contributed by atoms with Gasteiger partial charge in [0.05, 0.1) is 25.0 Å². The average molecular weight is 424 g/mol. The number of hydrogen-bond acceptors (Lipinski definition) is 5. The van der Waals surface area contributed by atoms with E-state index < -0.39 is 11.9 Å². The van der Waals surface area contributed by atoms with Crippen molar-refractivity contribution in [2.45, 2.75) is 58.0 Å². The average Bonchev–Trinajstić information content (AvgIpc) is 3.31. The molecule has 0 amide bonds. The van der Waals surface area contributed by atoms with E-state index in [1.54, 1.807) is 6.07 Å². The van der Waals surface area contributed by atoms with Crippen LogP contribution in [0.5, 0.6) is 5.75 Å². The summed E-state index contributed by atoms with van der Waals surface area (Å²) in [6.07, 6.45) is 2.44. The Balaban J connectivity index is 1.67. The number of carbonyl (C=O) groups is 1. The van der Waals surface area contributed by atoms with Gasteiger partial charge in [-0.05, 0) is 62.9 Å². The maximum Gasteiger partial charge on any atom is 0.306 e. The van der Waals surface area contributed by atoms with Crippen LogP contribution in [0, 0.1) is 6.92 Å². The number of esters is 1.